The van der Waals surface area contributed by atoms with E-state index < -0.39 is 0 Å². The van der Waals surface area contributed by atoms with Crippen LogP contribution in [0.15, 0.2) is 23.0 Å². The van der Waals surface area contributed by atoms with Gasteiger partial charge in [0.05, 0.1) is 17.1 Å². The van der Waals surface area contributed by atoms with E-state index in [4.69, 9.17) is 4.74 Å². The summed E-state index contributed by atoms with van der Waals surface area (Å²) in [7, 11) is 0. The first-order valence-corrected chi connectivity index (χ1v) is 11.4. The summed E-state index contributed by atoms with van der Waals surface area (Å²) in [6.07, 6.45) is 11.9. The highest BCUT2D eigenvalue weighted by Crippen LogP contribution is 2.70. The van der Waals surface area contributed by atoms with E-state index in [2.05, 4.69) is 35.5 Å². The highest BCUT2D eigenvalue weighted by molar-refractivity contribution is 5.76. The van der Waals surface area contributed by atoms with Gasteiger partial charge in [-0.05, 0) is 100 Å². The van der Waals surface area contributed by atoms with Crippen molar-refractivity contribution in [3.63, 3.8) is 0 Å². The van der Waals surface area contributed by atoms with Crippen LogP contribution in [0.5, 0.6) is 0 Å². The summed E-state index contributed by atoms with van der Waals surface area (Å²) in [6, 6.07) is 6.65. The number of benzene rings is 1. The molecule has 1 spiro atoms. The highest BCUT2D eigenvalue weighted by atomic mass is 16.5. The first-order chi connectivity index (χ1) is 13.6. The molecule has 3 fully saturated rings. The zero-order valence-electron chi connectivity index (χ0n) is 17.4. The van der Waals surface area contributed by atoms with Gasteiger partial charge in [0.15, 0.2) is 0 Å². The van der Waals surface area contributed by atoms with E-state index in [0.717, 1.165) is 42.3 Å². The van der Waals surface area contributed by atoms with Gasteiger partial charge in [-0.1, -0.05) is 12.5 Å². The molecule has 152 valence electrons. The Morgan fingerprint density at radius 3 is 2.68 bits per heavy atom. The van der Waals surface area contributed by atoms with Crippen molar-refractivity contribution in [2.45, 2.75) is 83.8 Å². The number of fused-ring (bicyclic) bond motifs is 4. The van der Waals surface area contributed by atoms with Gasteiger partial charge in [-0.15, -0.1) is 0 Å². The van der Waals surface area contributed by atoms with Crippen LogP contribution in [0.1, 0.15) is 76.3 Å². The van der Waals surface area contributed by atoms with Gasteiger partial charge in [0, 0.05) is 12.6 Å². The van der Waals surface area contributed by atoms with E-state index in [0.29, 0.717) is 17.6 Å². The van der Waals surface area contributed by atoms with Crippen LogP contribution < -0.4 is 5.69 Å². The third kappa shape index (κ3) is 2.96. The number of aryl methyl sites for hydroxylation is 1. The summed E-state index contributed by atoms with van der Waals surface area (Å²) in [4.78, 5) is 15.8. The summed E-state index contributed by atoms with van der Waals surface area (Å²) in [5.74, 6) is 1.83. The van der Waals surface area contributed by atoms with Crippen LogP contribution in [-0.4, -0.2) is 22.3 Å². The molecule has 28 heavy (non-hydrogen) atoms. The second-order valence-electron chi connectivity index (χ2n) is 9.58. The third-order valence-corrected chi connectivity index (χ3v) is 8.22. The minimum atomic E-state index is 0.0745. The van der Waals surface area contributed by atoms with E-state index in [1.165, 1.54) is 50.5 Å². The smallest absolute Gasteiger partial charge is 0.326 e. The van der Waals surface area contributed by atoms with Gasteiger partial charge in [-0.2, -0.15) is 0 Å². The molecule has 0 saturated heterocycles. The predicted octanol–water partition coefficient (Wildman–Crippen LogP) is 5.35. The number of nitrogens with zero attached hydrogens (tertiary/aromatic N) is 1. The van der Waals surface area contributed by atoms with Crippen LogP contribution in [0.2, 0.25) is 0 Å². The fourth-order valence-electron chi connectivity index (χ4n) is 6.86. The van der Waals surface area contributed by atoms with Gasteiger partial charge in [-0.3, -0.25) is 4.57 Å². The van der Waals surface area contributed by atoms with Crippen LogP contribution in [0.3, 0.4) is 0 Å². The van der Waals surface area contributed by atoms with Crippen molar-refractivity contribution in [3.8, 4) is 0 Å². The number of hydrogen-bond acceptors (Lipinski definition) is 2. The average molecular weight is 383 g/mol. The minimum Gasteiger partial charge on any atom is -0.379 e. The molecule has 1 aromatic heterocycles. The Morgan fingerprint density at radius 2 is 1.89 bits per heavy atom. The molecule has 3 unspecified atom stereocenters. The van der Waals surface area contributed by atoms with Crippen LogP contribution in [0, 0.1) is 24.2 Å². The molecule has 1 aromatic carbocycles. The van der Waals surface area contributed by atoms with Crippen LogP contribution >= 0.6 is 0 Å². The summed E-state index contributed by atoms with van der Waals surface area (Å²) in [6.45, 7) is 5.07. The Morgan fingerprint density at radius 1 is 1.11 bits per heavy atom. The number of rotatable bonds is 3. The molecule has 3 atom stereocenters. The third-order valence-electron chi connectivity index (χ3n) is 8.22. The number of ether oxygens (including phenoxy) is 1. The number of aromatic nitrogens is 2. The minimum absolute atomic E-state index is 0.0745. The van der Waals surface area contributed by atoms with Crippen molar-refractivity contribution in [2.75, 3.05) is 6.61 Å². The highest BCUT2D eigenvalue weighted by Gasteiger charge is 2.63. The normalized spacial score (nSPS) is 35.5. The van der Waals surface area contributed by atoms with Crippen molar-refractivity contribution in [2.24, 2.45) is 17.3 Å². The van der Waals surface area contributed by atoms with Gasteiger partial charge in [0.25, 0.3) is 0 Å². The lowest BCUT2D eigenvalue weighted by Crippen LogP contribution is -2.24. The van der Waals surface area contributed by atoms with Crippen molar-refractivity contribution in [1.29, 1.82) is 0 Å². The van der Waals surface area contributed by atoms with E-state index in [1.807, 2.05) is 6.07 Å². The van der Waals surface area contributed by atoms with Crippen LogP contribution in [0.4, 0.5) is 0 Å². The first kappa shape index (κ1) is 18.5. The molecule has 3 saturated carbocycles. The lowest BCUT2D eigenvalue weighted by molar-refractivity contribution is 0.0175. The van der Waals surface area contributed by atoms with Gasteiger partial charge in [0.1, 0.15) is 0 Å². The average Bonchev–Trinajstić information content (AvgIpc) is 3.08. The Balaban J connectivity index is 1.33. The molecule has 0 radical (unpaired) electrons. The standard InChI is InChI=1S/C24H34N2O2/c1-3-28-18-11-13-24(14-12-18)19-6-4-5-17(8-9-20(19)24)26-22-15-16(2)7-10-21(22)25-23(26)27/h7,10,15,17-20H,3-6,8-9,11-14H2,1-2H3,(H,25,27). The number of nitrogens with one attached hydrogen (secondary N) is 1. The van der Waals surface area contributed by atoms with Gasteiger partial charge < -0.3 is 9.72 Å². The second kappa shape index (κ2) is 7.05. The Hall–Kier alpha value is -1.55. The Kier molecular flexibility index (Phi) is 4.65. The maximum atomic E-state index is 12.7. The maximum Gasteiger partial charge on any atom is 0.326 e. The predicted molar refractivity (Wildman–Crippen MR) is 113 cm³/mol. The van der Waals surface area contributed by atoms with Gasteiger partial charge in [0.2, 0.25) is 0 Å². The van der Waals surface area contributed by atoms with Crippen LogP contribution in [-0.2, 0) is 4.74 Å². The first-order valence-electron chi connectivity index (χ1n) is 11.4. The topological polar surface area (TPSA) is 47.0 Å². The molecule has 0 amide bonds. The van der Waals surface area contributed by atoms with E-state index >= 15 is 0 Å². The number of hydrogen-bond donors (Lipinski definition) is 1. The Bertz CT molecular complexity index is 903. The van der Waals surface area contributed by atoms with Crippen LogP contribution in [0.25, 0.3) is 11.0 Å². The van der Waals surface area contributed by atoms with E-state index in [1.54, 1.807) is 0 Å². The van der Waals surface area contributed by atoms with Crippen molar-refractivity contribution in [1.82, 2.24) is 9.55 Å². The van der Waals surface area contributed by atoms with E-state index in [9.17, 15) is 4.79 Å². The monoisotopic (exact) mass is 382 g/mol. The van der Waals surface area contributed by atoms with E-state index in [-0.39, 0.29) is 5.69 Å². The fourth-order valence-corrected chi connectivity index (χ4v) is 6.86. The van der Waals surface area contributed by atoms with Gasteiger partial charge in [-0.25, -0.2) is 4.79 Å². The molecule has 0 bridgehead atoms. The summed E-state index contributed by atoms with van der Waals surface area (Å²) >= 11 is 0. The quantitative estimate of drug-likeness (QED) is 0.777. The summed E-state index contributed by atoms with van der Waals surface area (Å²) in [5.41, 5.74) is 3.98. The molecule has 3 aliphatic rings. The molecule has 1 heterocycles. The second-order valence-corrected chi connectivity index (χ2v) is 9.58. The molecule has 2 aromatic rings. The zero-order chi connectivity index (χ0) is 19.3. The van der Waals surface area contributed by atoms with Crippen molar-refractivity contribution in [3.05, 3.63) is 34.2 Å². The summed E-state index contributed by atoms with van der Waals surface area (Å²) < 4.78 is 7.97. The molecule has 4 nitrogen and oxygen atoms in total. The van der Waals surface area contributed by atoms with Crippen molar-refractivity contribution >= 4 is 11.0 Å². The van der Waals surface area contributed by atoms with Gasteiger partial charge >= 0.3 is 5.69 Å². The largest absolute Gasteiger partial charge is 0.379 e. The maximum absolute atomic E-state index is 12.7. The molecule has 1 N–H and O–H groups in total. The molecule has 4 heteroatoms. The zero-order valence-corrected chi connectivity index (χ0v) is 17.4. The SMILES string of the molecule is CCOC1CCC2(CC1)C1CCCC(n3c(=O)[nH]c4ccc(C)cc43)CCC12. The number of aromatic amines is 1. The molecular weight excluding hydrogens is 348 g/mol. The number of H-pyrrole nitrogens is 1. The number of imidazole rings is 1. The fraction of sp³-hybridized carbons (Fsp3) is 0.708. The molecule has 0 aliphatic heterocycles. The summed E-state index contributed by atoms with van der Waals surface area (Å²) in [5, 5.41) is 0. The lowest BCUT2D eigenvalue weighted by atomic mass is 9.81. The molecule has 5 rings (SSSR count). The molecule has 3 aliphatic carbocycles. The lowest BCUT2D eigenvalue weighted by Gasteiger charge is -2.30. The van der Waals surface area contributed by atoms with Crippen molar-refractivity contribution < 1.29 is 4.74 Å². The Labute approximate surface area is 167 Å². The molecular formula is C24H34N2O2.